The molecule has 1 aliphatic rings. The Morgan fingerprint density at radius 3 is 2.59 bits per heavy atom. The quantitative estimate of drug-likeness (QED) is 0.621. The molecular formula is C23H28N4OS. The van der Waals surface area contributed by atoms with Crippen molar-refractivity contribution in [1.82, 2.24) is 14.9 Å². The first-order valence-corrected chi connectivity index (χ1v) is 11.1. The molecule has 0 amide bonds. The van der Waals surface area contributed by atoms with E-state index in [0.29, 0.717) is 5.88 Å². The van der Waals surface area contributed by atoms with Crippen LogP contribution in [0.25, 0.3) is 0 Å². The molecule has 4 rings (SSSR count). The number of nitrogens with zero attached hydrogens (tertiary/aromatic N) is 3. The van der Waals surface area contributed by atoms with E-state index in [-0.39, 0.29) is 5.41 Å². The molecule has 5 nitrogen and oxygen atoms in total. The molecule has 0 radical (unpaired) electrons. The zero-order valence-corrected chi connectivity index (χ0v) is 17.9. The lowest BCUT2D eigenvalue weighted by Crippen LogP contribution is -2.43. The van der Waals surface area contributed by atoms with Crippen molar-refractivity contribution in [2.45, 2.75) is 31.7 Å². The lowest BCUT2D eigenvalue weighted by Gasteiger charge is -2.41. The van der Waals surface area contributed by atoms with E-state index in [1.807, 2.05) is 12.1 Å². The van der Waals surface area contributed by atoms with Gasteiger partial charge in [-0.3, -0.25) is 4.90 Å². The Kier molecular flexibility index (Phi) is 6.11. The highest BCUT2D eigenvalue weighted by Gasteiger charge is 2.39. The summed E-state index contributed by atoms with van der Waals surface area (Å²) in [5.74, 6) is 0.677. The number of anilines is 1. The van der Waals surface area contributed by atoms with E-state index >= 15 is 0 Å². The van der Waals surface area contributed by atoms with Crippen LogP contribution in [0.1, 0.15) is 36.7 Å². The predicted molar refractivity (Wildman–Crippen MR) is 119 cm³/mol. The topological polar surface area (TPSA) is 50.3 Å². The highest BCUT2D eigenvalue weighted by Crippen LogP contribution is 2.42. The molecule has 1 fully saturated rings. The van der Waals surface area contributed by atoms with E-state index in [0.717, 1.165) is 49.8 Å². The molecule has 0 aliphatic carbocycles. The van der Waals surface area contributed by atoms with Crippen molar-refractivity contribution >= 4 is 16.5 Å². The maximum atomic E-state index is 5.27. The van der Waals surface area contributed by atoms with Gasteiger partial charge in [-0.1, -0.05) is 36.4 Å². The summed E-state index contributed by atoms with van der Waals surface area (Å²) in [5, 5.41) is 6.62. The second-order valence-corrected chi connectivity index (χ2v) is 8.32. The summed E-state index contributed by atoms with van der Waals surface area (Å²) in [7, 11) is 1.66. The van der Waals surface area contributed by atoms with Crippen LogP contribution < -0.4 is 10.1 Å². The number of piperidine rings is 1. The number of rotatable bonds is 7. The molecule has 0 bridgehead atoms. The Morgan fingerprint density at radius 1 is 1.07 bits per heavy atom. The lowest BCUT2D eigenvalue weighted by molar-refractivity contribution is 0.168. The molecule has 0 spiro atoms. The summed E-state index contributed by atoms with van der Waals surface area (Å²) < 4.78 is 5.27. The zero-order chi connectivity index (χ0) is 20.1. The molecular weight excluding hydrogens is 380 g/mol. The maximum Gasteiger partial charge on any atom is 0.213 e. The Morgan fingerprint density at radius 2 is 1.86 bits per heavy atom. The number of hydrogen-bond donors (Lipinski definition) is 1. The zero-order valence-electron chi connectivity index (χ0n) is 17.1. The van der Waals surface area contributed by atoms with Gasteiger partial charge in [-0.2, -0.15) is 0 Å². The van der Waals surface area contributed by atoms with Crippen molar-refractivity contribution in [2.24, 2.45) is 0 Å². The van der Waals surface area contributed by atoms with Crippen LogP contribution in [0.15, 0.2) is 53.9 Å². The monoisotopic (exact) mass is 408 g/mol. The molecule has 152 valence electrons. The number of pyridine rings is 1. The number of likely N-dealkylation sites (tertiary alicyclic amines) is 1. The molecule has 1 aliphatic heterocycles. The number of aromatic nitrogens is 2. The maximum absolute atomic E-state index is 5.27. The van der Waals surface area contributed by atoms with Gasteiger partial charge in [-0.25, -0.2) is 9.97 Å². The van der Waals surface area contributed by atoms with Gasteiger partial charge in [0.15, 0.2) is 5.13 Å². The second-order valence-electron chi connectivity index (χ2n) is 7.46. The van der Waals surface area contributed by atoms with Gasteiger partial charge in [0.25, 0.3) is 0 Å². The second kappa shape index (κ2) is 8.93. The summed E-state index contributed by atoms with van der Waals surface area (Å²) in [6, 6.07) is 16.9. The average molecular weight is 409 g/mol. The Hall–Kier alpha value is -2.44. The van der Waals surface area contributed by atoms with Crippen LogP contribution in [0.2, 0.25) is 0 Å². The van der Waals surface area contributed by atoms with Gasteiger partial charge in [-0.05, 0) is 44.5 Å². The third kappa shape index (κ3) is 4.28. The van der Waals surface area contributed by atoms with Crippen LogP contribution >= 0.6 is 11.3 Å². The minimum Gasteiger partial charge on any atom is -0.481 e. The van der Waals surface area contributed by atoms with Crippen molar-refractivity contribution in [3.63, 3.8) is 0 Å². The molecule has 0 unspecified atom stereocenters. The Bertz CT molecular complexity index is 919. The van der Waals surface area contributed by atoms with Gasteiger partial charge in [-0.15, -0.1) is 11.3 Å². The molecule has 29 heavy (non-hydrogen) atoms. The van der Waals surface area contributed by atoms with Gasteiger partial charge in [0.05, 0.1) is 18.5 Å². The fraction of sp³-hybridized carbons (Fsp3) is 0.391. The van der Waals surface area contributed by atoms with Crippen LogP contribution in [0, 0.1) is 0 Å². The van der Waals surface area contributed by atoms with E-state index in [1.54, 1.807) is 18.4 Å². The van der Waals surface area contributed by atoms with Crippen molar-refractivity contribution in [2.75, 3.05) is 32.1 Å². The normalized spacial score (nSPS) is 16.5. The van der Waals surface area contributed by atoms with Crippen LogP contribution in [0.3, 0.4) is 0 Å². The smallest absolute Gasteiger partial charge is 0.213 e. The summed E-state index contributed by atoms with van der Waals surface area (Å²) in [4.78, 5) is 12.0. The molecule has 3 aromatic rings. The molecule has 1 N–H and O–H groups in total. The van der Waals surface area contributed by atoms with Crippen LogP contribution in [-0.4, -0.2) is 41.6 Å². The summed E-state index contributed by atoms with van der Waals surface area (Å²) in [6.45, 7) is 5.89. The molecule has 0 saturated carbocycles. The number of hydrogen-bond acceptors (Lipinski definition) is 6. The van der Waals surface area contributed by atoms with E-state index in [4.69, 9.17) is 9.72 Å². The molecule has 1 saturated heterocycles. The first-order valence-electron chi connectivity index (χ1n) is 10.2. The van der Waals surface area contributed by atoms with Gasteiger partial charge in [0, 0.05) is 30.0 Å². The van der Waals surface area contributed by atoms with Crippen LogP contribution in [0.4, 0.5) is 5.13 Å². The number of nitrogens with one attached hydrogen (secondary N) is 1. The standard InChI is InChI=1S/C23H28N4OS/c1-3-24-22-26-20(17-29-22)23(18-8-5-4-6-9-18)12-14-27(15-13-23)16-19-10-7-11-21(25-19)28-2/h4-11,17H,3,12-16H2,1-2H3,(H,24,26). The fourth-order valence-electron chi connectivity index (χ4n) is 4.16. The number of methoxy groups -OCH3 is 1. The number of thiazole rings is 1. The molecule has 6 heteroatoms. The summed E-state index contributed by atoms with van der Waals surface area (Å²) in [5.41, 5.74) is 3.60. The van der Waals surface area contributed by atoms with Gasteiger partial charge < -0.3 is 10.1 Å². The van der Waals surface area contributed by atoms with E-state index in [2.05, 4.69) is 63.9 Å². The first kappa shape index (κ1) is 19.9. The number of benzene rings is 1. The Balaban J connectivity index is 1.55. The van der Waals surface area contributed by atoms with E-state index < -0.39 is 0 Å². The largest absolute Gasteiger partial charge is 0.481 e. The molecule has 2 aromatic heterocycles. The fourth-order valence-corrected chi connectivity index (χ4v) is 5.04. The van der Waals surface area contributed by atoms with Gasteiger partial charge in [0.2, 0.25) is 5.88 Å². The molecule has 0 atom stereocenters. The SMILES string of the molecule is CCNc1nc(C2(c3ccccc3)CCN(Cc3cccc(OC)n3)CC2)cs1. The van der Waals surface area contributed by atoms with Crippen molar-refractivity contribution < 1.29 is 4.74 Å². The Labute approximate surface area is 176 Å². The predicted octanol–water partition coefficient (Wildman–Crippen LogP) is 4.56. The van der Waals surface area contributed by atoms with Crippen LogP contribution in [-0.2, 0) is 12.0 Å². The van der Waals surface area contributed by atoms with Gasteiger partial charge >= 0.3 is 0 Å². The average Bonchev–Trinajstić information content (AvgIpc) is 3.25. The minimum absolute atomic E-state index is 0.0241. The van der Waals surface area contributed by atoms with Crippen molar-refractivity contribution in [1.29, 1.82) is 0 Å². The lowest BCUT2D eigenvalue weighted by atomic mass is 9.70. The van der Waals surface area contributed by atoms with E-state index in [1.165, 1.54) is 11.3 Å². The summed E-state index contributed by atoms with van der Waals surface area (Å²) >= 11 is 1.71. The van der Waals surface area contributed by atoms with Crippen molar-refractivity contribution in [3.05, 3.63) is 70.9 Å². The molecule has 1 aromatic carbocycles. The van der Waals surface area contributed by atoms with Crippen LogP contribution in [0.5, 0.6) is 5.88 Å². The first-order chi connectivity index (χ1) is 14.2. The van der Waals surface area contributed by atoms with E-state index in [9.17, 15) is 0 Å². The third-order valence-electron chi connectivity index (χ3n) is 5.73. The number of ether oxygens (including phenoxy) is 1. The molecule has 3 heterocycles. The summed E-state index contributed by atoms with van der Waals surface area (Å²) in [6.07, 6.45) is 2.10. The third-order valence-corrected chi connectivity index (χ3v) is 6.53. The van der Waals surface area contributed by atoms with Gasteiger partial charge in [0.1, 0.15) is 0 Å². The minimum atomic E-state index is -0.0241. The highest BCUT2D eigenvalue weighted by atomic mass is 32.1. The van der Waals surface area contributed by atoms with Crippen molar-refractivity contribution in [3.8, 4) is 5.88 Å². The highest BCUT2D eigenvalue weighted by molar-refractivity contribution is 7.13.